The van der Waals surface area contributed by atoms with E-state index in [9.17, 15) is 30.0 Å². The minimum atomic E-state index is -1.19. The number of aromatic nitrogens is 2. The maximum Gasteiger partial charge on any atom is 0.256 e. The molecule has 0 saturated heterocycles. The fourth-order valence-electron chi connectivity index (χ4n) is 3.12. The van der Waals surface area contributed by atoms with E-state index >= 15 is 0 Å². The first-order valence-electron chi connectivity index (χ1n) is 8.06. The summed E-state index contributed by atoms with van der Waals surface area (Å²) in [6, 6.07) is 6.39. The van der Waals surface area contributed by atoms with Crippen LogP contribution in [0, 0.1) is 13.8 Å². The van der Waals surface area contributed by atoms with E-state index in [1.165, 1.54) is 24.3 Å². The Labute approximate surface area is 153 Å². The summed E-state index contributed by atoms with van der Waals surface area (Å²) in [5, 5.41) is 40.2. The first kappa shape index (κ1) is 18.1. The average molecular weight is 370 g/mol. The van der Waals surface area contributed by atoms with Crippen molar-refractivity contribution >= 4 is 0 Å². The van der Waals surface area contributed by atoms with E-state index in [1.54, 1.807) is 13.8 Å². The van der Waals surface area contributed by atoms with E-state index in [-0.39, 0.29) is 33.9 Å². The Hall–Kier alpha value is -3.68. The minimum absolute atomic E-state index is 0.171. The zero-order chi connectivity index (χ0) is 19.9. The lowest BCUT2D eigenvalue weighted by molar-refractivity contribution is 0.403. The number of nitrogens with one attached hydrogen (secondary N) is 2. The second-order valence-electron chi connectivity index (χ2n) is 6.34. The molecule has 2 aromatic heterocycles. The fourth-order valence-corrected chi connectivity index (χ4v) is 3.12. The van der Waals surface area contributed by atoms with Gasteiger partial charge in [-0.2, -0.15) is 0 Å². The highest BCUT2D eigenvalue weighted by Crippen LogP contribution is 2.39. The quantitative estimate of drug-likeness (QED) is 0.387. The van der Waals surface area contributed by atoms with Crippen LogP contribution >= 0.6 is 0 Å². The zero-order valence-corrected chi connectivity index (χ0v) is 14.6. The number of hydrogen-bond donors (Lipinski definition) is 6. The summed E-state index contributed by atoms with van der Waals surface area (Å²) in [5.74, 6) is -2.78. The molecule has 8 heteroatoms. The zero-order valence-electron chi connectivity index (χ0n) is 14.6. The summed E-state index contributed by atoms with van der Waals surface area (Å²) in [5.41, 5.74) is -0.592. The van der Waals surface area contributed by atoms with Crippen molar-refractivity contribution in [3.63, 3.8) is 0 Å². The molecule has 0 aliphatic heterocycles. The minimum Gasteiger partial charge on any atom is -0.507 e. The van der Waals surface area contributed by atoms with Crippen LogP contribution in [0.5, 0.6) is 23.0 Å². The molecule has 0 bridgehead atoms. The smallest absolute Gasteiger partial charge is 0.256 e. The van der Waals surface area contributed by atoms with Crippen molar-refractivity contribution in [1.82, 2.24) is 9.97 Å². The molecule has 0 aliphatic carbocycles. The summed E-state index contributed by atoms with van der Waals surface area (Å²) in [6.45, 7) is 3.17. The molecule has 1 aromatic carbocycles. The average Bonchev–Trinajstić information content (AvgIpc) is 2.54. The van der Waals surface area contributed by atoms with Crippen LogP contribution in [0.2, 0.25) is 0 Å². The maximum atomic E-state index is 12.6. The van der Waals surface area contributed by atoms with Crippen LogP contribution in [-0.2, 0) is 0 Å². The number of phenols is 2. The first-order valence-corrected chi connectivity index (χ1v) is 8.06. The highest BCUT2D eigenvalue weighted by atomic mass is 16.3. The van der Waals surface area contributed by atoms with E-state index in [1.807, 2.05) is 0 Å². The van der Waals surface area contributed by atoms with Gasteiger partial charge in [0.2, 0.25) is 0 Å². The van der Waals surface area contributed by atoms with E-state index in [0.717, 1.165) is 6.07 Å². The SMILES string of the molecule is Cc1cc(O)c(C(c2ccc(O)c(O)c2)c2c(O)cc(C)[nH]c2=O)c(=O)[nH]1. The second-order valence-corrected chi connectivity index (χ2v) is 6.34. The Morgan fingerprint density at radius 3 is 1.59 bits per heavy atom. The van der Waals surface area contributed by atoms with Crippen molar-refractivity contribution in [2.45, 2.75) is 19.8 Å². The standard InChI is InChI=1S/C19H18N2O6/c1-8-5-13(24)16(18(26)20-8)15(10-3-4-11(22)12(23)7-10)17-14(25)6-9(2)21-19(17)27/h3-7,15,22-23H,1-2H3,(H2,20,24,26)(H2,21,25,27). The molecule has 0 atom stereocenters. The number of pyridine rings is 2. The van der Waals surface area contributed by atoms with Crippen LogP contribution < -0.4 is 11.1 Å². The molecule has 0 aliphatic rings. The molecule has 0 spiro atoms. The summed E-state index contributed by atoms with van der Waals surface area (Å²) >= 11 is 0. The van der Waals surface area contributed by atoms with Crippen LogP contribution in [0.15, 0.2) is 39.9 Å². The Bertz CT molecular complexity index is 1080. The van der Waals surface area contributed by atoms with Gasteiger partial charge in [-0.25, -0.2) is 0 Å². The molecule has 3 rings (SSSR count). The number of benzene rings is 1. The summed E-state index contributed by atoms with van der Waals surface area (Å²) in [7, 11) is 0. The molecule has 3 aromatic rings. The molecule has 0 radical (unpaired) electrons. The van der Waals surface area contributed by atoms with Gasteiger partial charge >= 0.3 is 0 Å². The summed E-state index contributed by atoms with van der Waals surface area (Å²) in [4.78, 5) is 30.2. The van der Waals surface area contributed by atoms with Gasteiger partial charge < -0.3 is 30.4 Å². The van der Waals surface area contributed by atoms with Crippen LogP contribution in [-0.4, -0.2) is 30.4 Å². The molecule has 0 amide bonds. The summed E-state index contributed by atoms with van der Waals surface area (Å²) in [6.07, 6.45) is 0. The third-order valence-corrected chi connectivity index (χ3v) is 4.28. The van der Waals surface area contributed by atoms with Crippen molar-refractivity contribution in [2.24, 2.45) is 0 Å². The highest BCUT2D eigenvalue weighted by molar-refractivity contribution is 5.54. The van der Waals surface area contributed by atoms with Gasteiger partial charge in [-0.15, -0.1) is 0 Å². The van der Waals surface area contributed by atoms with E-state index in [2.05, 4.69) is 9.97 Å². The van der Waals surface area contributed by atoms with Gasteiger partial charge in [0.25, 0.3) is 11.1 Å². The Morgan fingerprint density at radius 2 is 1.19 bits per heavy atom. The van der Waals surface area contributed by atoms with Gasteiger partial charge in [-0.05, 0) is 43.7 Å². The van der Waals surface area contributed by atoms with Gasteiger partial charge in [0.1, 0.15) is 11.5 Å². The number of aromatic hydroxyl groups is 4. The topological polar surface area (TPSA) is 147 Å². The molecule has 8 nitrogen and oxygen atoms in total. The van der Waals surface area contributed by atoms with Crippen molar-refractivity contribution in [1.29, 1.82) is 0 Å². The number of aryl methyl sites for hydroxylation is 2. The molecule has 140 valence electrons. The molecular weight excluding hydrogens is 352 g/mol. The highest BCUT2D eigenvalue weighted by Gasteiger charge is 2.29. The van der Waals surface area contributed by atoms with E-state index in [0.29, 0.717) is 11.4 Å². The predicted octanol–water partition coefficient (Wildman–Crippen LogP) is 1.68. The lowest BCUT2D eigenvalue weighted by Crippen LogP contribution is -2.24. The molecule has 27 heavy (non-hydrogen) atoms. The number of phenolic OH excluding ortho intramolecular Hbond substituents is 2. The van der Waals surface area contributed by atoms with Gasteiger partial charge in [0.15, 0.2) is 11.5 Å². The molecule has 0 saturated carbocycles. The van der Waals surface area contributed by atoms with Gasteiger partial charge in [0, 0.05) is 11.4 Å². The van der Waals surface area contributed by atoms with Crippen molar-refractivity contribution in [3.8, 4) is 23.0 Å². The van der Waals surface area contributed by atoms with Crippen LogP contribution in [0.1, 0.15) is 34.0 Å². The predicted molar refractivity (Wildman–Crippen MR) is 97.6 cm³/mol. The Morgan fingerprint density at radius 1 is 0.704 bits per heavy atom. The lowest BCUT2D eigenvalue weighted by atomic mass is 9.85. The number of H-pyrrole nitrogens is 2. The summed E-state index contributed by atoms with van der Waals surface area (Å²) < 4.78 is 0. The molecule has 0 fully saturated rings. The normalized spacial score (nSPS) is 11.1. The van der Waals surface area contributed by atoms with Gasteiger partial charge in [-0.1, -0.05) is 6.07 Å². The largest absolute Gasteiger partial charge is 0.507 e. The number of hydrogen-bond acceptors (Lipinski definition) is 6. The third-order valence-electron chi connectivity index (χ3n) is 4.28. The van der Waals surface area contributed by atoms with Crippen LogP contribution in [0.3, 0.4) is 0 Å². The maximum absolute atomic E-state index is 12.6. The Balaban J connectivity index is 2.41. The second kappa shape index (κ2) is 6.56. The lowest BCUT2D eigenvalue weighted by Gasteiger charge is -2.20. The number of aromatic amines is 2. The van der Waals surface area contributed by atoms with Crippen molar-refractivity contribution in [2.75, 3.05) is 0 Å². The van der Waals surface area contributed by atoms with Crippen LogP contribution in [0.4, 0.5) is 0 Å². The van der Waals surface area contributed by atoms with E-state index in [4.69, 9.17) is 0 Å². The fraction of sp³-hybridized carbons (Fsp3) is 0.158. The third kappa shape index (κ3) is 3.24. The van der Waals surface area contributed by atoms with Crippen molar-refractivity contribution in [3.05, 3.63) is 79.1 Å². The molecule has 6 N–H and O–H groups in total. The van der Waals surface area contributed by atoms with Gasteiger partial charge in [-0.3, -0.25) is 9.59 Å². The molecular formula is C19H18N2O6. The molecule has 2 heterocycles. The number of rotatable bonds is 3. The first-order chi connectivity index (χ1) is 12.7. The van der Waals surface area contributed by atoms with Gasteiger partial charge in [0.05, 0.1) is 17.0 Å². The monoisotopic (exact) mass is 370 g/mol. The Kier molecular flexibility index (Phi) is 4.40. The van der Waals surface area contributed by atoms with Crippen LogP contribution in [0.25, 0.3) is 0 Å². The molecule has 0 unspecified atom stereocenters. The van der Waals surface area contributed by atoms with E-state index < -0.39 is 22.8 Å². The van der Waals surface area contributed by atoms with Crippen molar-refractivity contribution < 1.29 is 20.4 Å².